The lowest BCUT2D eigenvalue weighted by Crippen LogP contribution is -2.58. The Labute approximate surface area is 188 Å². The van der Waals surface area contributed by atoms with Gasteiger partial charge in [0.2, 0.25) is 23.6 Å². The predicted molar refractivity (Wildman–Crippen MR) is 109 cm³/mol. The Kier molecular flexibility index (Phi) is 12.1. The molecule has 5 atom stereocenters. The summed E-state index contributed by atoms with van der Waals surface area (Å²) in [6.07, 6.45) is -2.14. The molecule has 0 aliphatic rings. The fourth-order valence-corrected chi connectivity index (χ4v) is 2.56. The van der Waals surface area contributed by atoms with Gasteiger partial charge in [0.15, 0.2) is 0 Å². The Bertz CT molecular complexity index is 787. The zero-order chi connectivity index (χ0) is 25.9. The quantitative estimate of drug-likeness (QED) is 0.116. The normalized spacial score (nSPS) is 15.1. The number of carbonyl (C=O) groups is 7. The number of nitrogens with one attached hydrogen (secondary N) is 3. The maximum atomic E-state index is 12.6. The molecule has 10 N–H and O–H groups in total. The van der Waals surface area contributed by atoms with Crippen molar-refractivity contribution in [1.29, 1.82) is 0 Å². The fraction of sp³-hybridized carbons (Fsp3) is 0.611. The predicted octanol–water partition coefficient (Wildman–Crippen LogP) is -3.28. The molecule has 0 aromatic heterocycles. The van der Waals surface area contributed by atoms with Crippen molar-refractivity contribution in [2.75, 3.05) is 0 Å². The Balaban J connectivity index is 5.61. The molecule has 186 valence electrons. The van der Waals surface area contributed by atoms with E-state index in [9.17, 15) is 38.7 Å². The maximum Gasteiger partial charge on any atom is 0.326 e. The summed E-state index contributed by atoms with van der Waals surface area (Å²) in [7, 11) is 0. The number of aliphatic carboxylic acids is 3. The van der Waals surface area contributed by atoms with Crippen molar-refractivity contribution in [2.24, 2.45) is 17.4 Å². The molecule has 0 heterocycles. The molecule has 0 aliphatic heterocycles. The van der Waals surface area contributed by atoms with E-state index in [1.165, 1.54) is 0 Å². The lowest BCUT2D eigenvalue weighted by molar-refractivity contribution is -0.144. The summed E-state index contributed by atoms with van der Waals surface area (Å²) in [5.41, 5.74) is 10.5. The standard InChI is InChI=1S/C18H29N5O10/c1-3-7(2)14(18(32)33)23-17(31)9(5-11(20)24)22-16(30)10(6-13(27)28)21-15(29)8(19)4-12(25)26/h7-10,14H,3-6,19H2,1-2H3,(H2,20,24)(H,21,29)(H,22,30)(H,23,31)(H,25,26)(H,27,28)(H,32,33). The molecule has 0 spiro atoms. The van der Waals surface area contributed by atoms with Crippen LogP contribution in [0, 0.1) is 5.92 Å². The first-order valence-corrected chi connectivity index (χ1v) is 9.80. The van der Waals surface area contributed by atoms with Gasteiger partial charge in [0.05, 0.1) is 25.3 Å². The van der Waals surface area contributed by atoms with E-state index in [0.29, 0.717) is 6.42 Å². The van der Waals surface area contributed by atoms with Crippen LogP contribution in [0.2, 0.25) is 0 Å². The molecule has 0 aromatic rings. The fourth-order valence-electron chi connectivity index (χ4n) is 2.56. The molecular weight excluding hydrogens is 446 g/mol. The number of hydrogen-bond acceptors (Lipinski definition) is 8. The van der Waals surface area contributed by atoms with E-state index in [1.807, 2.05) is 5.32 Å². The highest BCUT2D eigenvalue weighted by Crippen LogP contribution is 2.09. The number of carboxylic acids is 3. The van der Waals surface area contributed by atoms with Crippen LogP contribution in [0.3, 0.4) is 0 Å². The van der Waals surface area contributed by atoms with Gasteiger partial charge >= 0.3 is 17.9 Å². The highest BCUT2D eigenvalue weighted by atomic mass is 16.4. The average Bonchev–Trinajstić information content (AvgIpc) is 2.68. The van der Waals surface area contributed by atoms with E-state index in [0.717, 1.165) is 0 Å². The molecule has 5 unspecified atom stereocenters. The molecule has 0 rings (SSSR count). The van der Waals surface area contributed by atoms with Gasteiger partial charge in [-0.15, -0.1) is 0 Å². The lowest BCUT2D eigenvalue weighted by Gasteiger charge is -2.25. The highest BCUT2D eigenvalue weighted by Gasteiger charge is 2.33. The summed E-state index contributed by atoms with van der Waals surface area (Å²) in [6.45, 7) is 3.24. The number of amides is 4. The second-order valence-electron chi connectivity index (χ2n) is 7.31. The van der Waals surface area contributed by atoms with Gasteiger partial charge in [-0.3, -0.25) is 28.8 Å². The molecule has 0 saturated heterocycles. The third kappa shape index (κ3) is 10.9. The van der Waals surface area contributed by atoms with E-state index >= 15 is 0 Å². The van der Waals surface area contributed by atoms with Crippen molar-refractivity contribution in [3.05, 3.63) is 0 Å². The molecule has 0 bridgehead atoms. The number of nitrogens with two attached hydrogens (primary N) is 2. The Morgan fingerprint density at radius 3 is 1.64 bits per heavy atom. The molecule has 4 amide bonds. The smallest absolute Gasteiger partial charge is 0.326 e. The van der Waals surface area contributed by atoms with Crippen LogP contribution in [0.25, 0.3) is 0 Å². The lowest BCUT2D eigenvalue weighted by atomic mass is 9.98. The van der Waals surface area contributed by atoms with Crippen LogP contribution in [0.5, 0.6) is 0 Å². The largest absolute Gasteiger partial charge is 0.481 e. The molecule has 15 heteroatoms. The number of carbonyl (C=O) groups excluding carboxylic acids is 4. The molecular formula is C18H29N5O10. The summed E-state index contributed by atoms with van der Waals surface area (Å²) in [6, 6.07) is -6.41. The van der Waals surface area contributed by atoms with Crippen LogP contribution in [0.1, 0.15) is 39.5 Å². The summed E-state index contributed by atoms with van der Waals surface area (Å²) >= 11 is 0. The van der Waals surface area contributed by atoms with Gasteiger partial charge in [-0.05, 0) is 5.92 Å². The van der Waals surface area contributed by atoms with E-state index in [2.05, 4.69) is 10.6 Å². The average molecular weight is 475 g/mol. The Hall–Kier alpha value is -3.75. The number of rotatable bonds is 15. The van der Waals surface area contributed by atoms with Gasteiger partial charge in [0.1, 0.15) is 18.1 Å². The molecule has 0 radical (unpaired) electrons. The van der Waals surface area contributed by atoms with Crippen molar-refractivity contribution in [1.82, 2.24) is 16.0 Å². The molecule has 0 fully saturated rings. The van der Waals surface area contributed by atoms with Gasteiger partial charge in [-0.25, -0.2) is 4.79 Å². The minimum absolute atomic E-state index is 0.382. The van der Waals surface area contributed by atoms with Gasteiger partial charge in [-0.2, -0.15) is 0 Å². The van der Waals surface area contributed by atoms with Crippen molar-refractivity contribution in [3.63, 3.8) is 0 Å². The number of primary amides is 1. The first-order chi connectivity index (χ1) is 15.2. The van der Waals surface area contributed by atoms with Crippen LogP contribution in [-0.4, -0.2) is 81.0 Å². The second kappa shape index (κ2) is 13.6. The SMILES string of the molecule is CCC(C)C(NC(=O)C(CC(N)=O)NC(=O)C(CC(=O)O)NC(=O)C(N)CC(=O)O)C(=O)O. The second-order valence-corrected chi connectivity index (χ2v) is 7.31. The van der Waals surface area contributed by atoms with E-state index in [4.69, 9.17) is 21.7 Å². The molecule has 33 heavy (non-hydrogen) atoms. The minimum Gasteiger partial charge on any atom is -0.481 e. The van der Waals surface area contributed by atoms with Gasteiger partial charge < -0.3 is 42.7 Å². The Morgan fingerprint density at radius 1 is 0.758 bits per heavy atom. The molecule has 0 aromatic carbocycles. The summed E-state index contributed by atoms with van der Waals surface area (Å²) < 4.78 is 0. The molecule has 15 nitrogen and oxygen atoms in total. The van der Waals surface area contributed by atoms with Crippen LogP contribution in [0.15, 0.2) is 0 Å². The van der Waals surface area contributed by atoms with Crippen molar-refractivity contribution in [2.45, 2.75) is 63.7 Å². The topological polar surface area (TPSA) is 268 Å². The van der Waals surface area contributed by atoms with Crippen LogP contribution in [-0.2, 0) is 33.6 Å². The third-order valence-electron chi connectivity index (χ3n) is 4.56. The summed E-state index contributed by atoms with van der Waals surface area (Å²) in [4.78, 5) is 81.7. The van der Waals surface area contributed by atoms with Crippen LogP contribution >= 0.6 is 0 Å². The third-order valence-corrected chi connectivity index (χ3v) is 4.56. The van der Waals surface area contributed by atoms with Crippen molar-refractivity contribution in [3.8, 4) is 0 Å². The van der Waals surface area contributed by atoms with Crippen molar-refractivity contribution >= 4 is 41.5 Å². The van der Waals surface area contributed by atoms with Crippen LogP contribution < -0.4 is 27.4 Å². The van der Waals surface area contributed by atoms with Crippen LogP contribution in [0.4, 0.5) is 0 Å². The monoisotopic (exact) mass is 475 g/mol. The molecule has 0 saturated carbocycles. The first-order valence-electron chi connectivity index (χ1n) is 9.80. The minimum atomic E-state index is -1.79. The van der Waals surface area contributed by atoms with E-state index in [-0.39, 0.29) is 0 Å². The van der Waals surface area contributed by atoms with Gasteiger partial charge in [0, 0.05) is 0 Å². The van der Waals surface area contributed by atoms with E-state index < -0.39 is 90.9 Å². The molecule has 0 aliphatic carbocycles. The first kappa shape index (κ1) is 29.2. The Morgan fingerprint density at radius 2 is 1.21 bits per heavy atom. The highest BCUT2D eigenvalue weighted by molar-refractivity contribution is 5.97. The van der Waals surface area contributed by atoms with Crippen molar-refractivity contribution < 1.29 is 48.9 Å². The van der Waals surface area contributed by atoms with Gasteiger partial charge in [0.25, 0.3) is 0 Å². The zero-order valence-electron chi connectivity index (χ0n) is 18.1. The zero-order valence-corrected chi connectivity index (χ0v) is 18.1. The maximum absolute atomic E-state index is 12.6. The number of hydrogen-bond donors (Lipinski definition) is 8. The summed E-state index contributed by atoms with van der Waals surface area (Å²) in [5.74, 6) is -9.27. The summed E-state index contributed by atoms with van der Waals surface area (Å²) in [5, 5.41) is 33.2. The number of carboxylic acid groups (broad SMARTS) is 3. The van der Waals surface area contributed by atoms with Gasteiger partial charge in [-0.1, -0.05) is 20.3 Å². The van der Waals surface area contributed by atoms with E-state index in [1.54, 1.807) is 13.8 Å².